The van der Waals surface area contributed by atoms with Gasteiger partial charge in [0.25, 0.3) is 0 Å². The number of rotatable bonds is 5. The molecule has 0 saturated carbocycles. The number of benzene rings is 2. The molecule has 2 aromatic rings. The molecular weight excluding hydrogens is 310 g/mol. The molecule has 0 aliphatic heterocycles. The van der Waals surface area contributed by atoms with Crippen molar-refractivity contribution in [3.05, 3.63) is 54.1 Å². The van der Waals surface area contributed by atoms with Crippen molar-refractivity contribution in [1.29, 1.82) is 0 Å². The maximum atomic E-state index is 12.0. The fourth-order valence-corrected chi connectivity index (χ4v) is 2.05. The normalized spacial score (nSPS) is 9.88. The third-order valence-electron chi connectivity index (χ3n) is 3.01. The summed E-state index contributed by atoms with van der Waals surface area (Å²) < 4.78 is 0. The quantitative estimate of drug-likeness (QED) is 0.677. The molecule has 3 amide bonds. The second-order valence-electron chi connectivity index (χ2n) is 5.11. The molecule has 7 nitrogen and oxygen atoms in total. The van der Waals surface area contributed by atoms with Gasteiger partial charge in [-0.2, -0.15) is 0 Å². The van der Waals surface area contributed by atoms with E-state index in [9.17, 15) is 14.4 Å². The van der Waals surface area contributed by atoms with E-state index in [1.54, 1.807) is 48.5 Å². The molecule has 0 saturated heterocycles. The second-order valence-corrected chi connectivity index (χ2v) is 5.11. The summed E-state index contributed by atoms with van der Waals surface area (Å²) in [5.74, 6) is -1.11. The average Bonchev–Trinajstić information content (AvgIpc) is 2.48. The van der Waals surface area contributed by atoms with E-state index in [0.29, 0.717) is 22.6 Å². The number of hydrogen-bond acceptors (Lipinski definition) is 3. The van der Waals surface area contributed by atoms with Crippen LogP contribution in [0, 0.1) is 0 Å². The summed E-state index contributed by atoms with van der Waals surface area (Å²) in [5.41, 5.74) is 2.30. The predicted octanol–water partition coefficient (Wildman–Crippen LogP) is 2.92. The molecule has 0 aliphatic carbocycles. The molecule has 0 spiro atoms. The third kappa shape index (κ3) is 5.45. The minimum atomic E-state index is -0.910. The Morgan fingerprint density at radius 1 is 0.875 bits per heavy atom. The molecule has 0 unspecified atom stereocenters. The van der Waals surface area contributed by atoms with Crippen molar-refractivity contribution in [1.82, 2.24) is 0 Å². The van der Waals surface area contributed by atoms with Crippen LogP contribution in [0.3, 0.4) is 0 Å². The fraction of sp³-hybridized carbons (Fsp3) is 0.118. The Morgan fingerprint density at radius 2 is 1.46 bits per heavy atom. The number of hydrogen-bond donors (Lipinski definition) is 4. The Labute approximate surface area is 138 Å². The van der Waals surface area contributed by atoms with Crippen molar-refractivity contribution >= 4 is 35.0 Å². The third-order valence-corrected chi connectivity index (χ3v) is 3.01. The number of carboxylic acids is 1. The summed E-state index contributed by atoms with van der Waals surface area (Å²) in [6.45, 7) is 1.40. The van der Waals surface area contributed by atoms with E-state index in [-0.39, 0.29) is 12.3 Å². The maximum Gasteiger partial charge on any atom is 0.323 e. The van der Waals surface area contributed by atoms with Gasteiger partial charge in [-0.1, -0.05) is 18.2 Å². The van der Waals surface area contributed by atoms with Gasteiger partial charge in [0.2, 0.25) is 5.91 Å². The molecule has 7 heteroatoms. The van der Waals surface area contributed by atoms with E-state index in [0.717, 1.165) is 0 Å². The average molecular weight is 327 g/mol. The summed E-state index contributed by atoms with van der Waals surface area (Å²) in [6, 6.07) is 12.9. The van der Waals surface area contributed by atoms with Crippen molar-refractivity contribution in [3.63, 3.8) is 0 Å². The van der Waals surface area contributed by atoms with Crippen LogP contribution in [0.4, 0.5) is 21.9 Å². The zero-order valence-corrected chi connectivity index (χ0v) is 13.0. The molecule has 24 heavy (non-hydrogen) atoms. The van der Waals surface area contributed by atoms with Crippen molar-refractivity contribution in [3.8, 4) is 0 Å². The lowest BCUT2D eigenvalue weighted by atomic mass is 10.1. The fourth-order valence-electron chi connectivity index (χ4n) is 2.05. The maximum absolute atomic E-state index is 12.0. The first-order valence-corrected chi connectivity index (χ1v) is 7.19. The summed E-state index contributed by atoms with van der Waals surface area (Å²) >= 11 is 0. The predicted molar refractivity (Wildman–Crippen MR) is 91.2 cm³/mol. The van der Waals surface area contributed by atoms with Gasteiger partial charge < -0.3 is 21.1 Å². The number of urea groups is 1. The lowest BCUT2D eigenvalue weighted by molar-refractivity contribution is -0.136. The second kappa shape index (κ2) is 7.77. The van der Waals surface area contributed by atoms with E-state index in [1.807, 2.05) is 0 Å². The van der Waals surface area contributed by atoms with E-state index in [1.165, 1.54) is 6.92 Å². The van der Waals surface area contributed by atoms with Gasteiger partial charge in [0.1, 0.15) is 0 Å². The van der Waals surface area contributed by atoms with Crippen LogP contribution in [-0.2, 0) is 16.0 Å². The smallest absolute Gasteiger partial charge is 0.323 e. The van der Waals surface area contributed by atoms with Crippen LogP contribution >= 0.6 is 0 Å². The van der Waals surface area contributed by atoms with Crippen molar-refractivity contribution in [2.45, 2.75) is 13.3 Å². The molecule has 0 radical (unpaired) electrons. The largest absolute Gasteiger partial charge is 0.481 e. The Balaban J connectivity index is 1.95. The Morgan fingerprint density at radius 3 is 2.04 bits per heavy atom. The molecule has 0 heterocycles. The summed E-state index contributed by atoms with van der Waals surface area (Å²) in [6.07, 6.45) is -0.0670. The number of carbonyl (C=O) groups is 3. The van der Waals surface area contributed by atoms with Gasteiger partial charge >= 0.3 is 12.0 Å². The summed E-state index contributed by atoms with van der Waals surface area (Å²) in [7, 11) is 0. The first-order valence-electron chi connectivity index (χ1n) is 7.19. The van der Waals surface area contributed by atoms with Gasteiger partial charge in [0.15, 0.2) is 0 Å². The Hall–Kier alpha value is -3.35. The van der Waals surface area contributed by atoms with Crippen LogP contribution in [0.25, 0.3) is 0 Å². The molecule has 2 aromatic carbocycles. The first kappa shape index (κ1) is 17.0. The van der Waals surface area contributed by atoms with Crippen LogP contribution < -0.4 is 16.0 Å². The van der Waals surface area contributed by atoms with Crippen LogP contribution in [0.1, 0.15) is 12.5 Å². The highest BCUT2D eigenvalue weighted by Gasteiger charge is 2.05. The molecule has 124 valence electrons. The van der Waals surface area contributed by atoms with Gasteiger partial charge in [-0.05, 0) is 35.9 Å². The monoisotopic (exact) mass is 327 g/mol. The van der Waals surface area contributed by atoms with E-state index < -0.39 is 12.0 Å². The zero-order chi connectivity index (χ0) is 17.5. The van der Waals surface area contributed by atoms with Crippen molar-refractivity contribution in [2.24, 2.45) is 0 Å². The van der Waals surface area contributed by atoms with E-state index in [4.69, 9.17) is 5.11 Å². The van der Waals surface area contributed by atoms with Gasteiger partial charge in [-0.3, -0.25) is 9.59 Å². The van der Waals surface area contributed by atoms with Crippen molar-refractivity contribution in [2.75, 3.05) is 16.0 Å². The van der Waals surface area contributed by atoms with Gasteiger partial charge in [0.05, 0.1) is 6.42 Å². The molecular formula is C17H17N3O4. The number of anilines is 3. The lowest BCUT2D eigenvalue weighted by Gasteiger charge is -2.09. The van der Waals surface area contributed by atoms with Gasteiger partial charge in [-0.25, -0.2) is 4.79 Å². The van der Waals surface area contributed by atoms with Gasteiger partial charge in [0, 0.05) is 24.0 Å². The minimum Gasteiger partial charge on any atom is -0.481 e. The van der Waals surface area contributed by atoms with E-state index in [2.05, 4.69) is 16.0 Å². The summed E-state index contributed by atoms with van der Waals surface area (Å²) in [5, 5.41) is 16.6. The standard InChI is InChI=1S/C17H17N3O4/c1-11(21)18-14-3-2-4-15(10-14)20-17(24)19-13-7-5-12(6-8-13)9-16(22)23/h2-8,10H,9H2,1H3,(H,18,21)(H,22,23)(H2,19,20,24). The summed E-state index contributed by atoms with van der Waals surface area (Å²) in [4.78, 5) is 33.6. The topological polar surface area (TPSA) is 108 Å². The SMILES string of the molecule is CC(=O)Nc1cccc(NC(=O)Nc2ccc(CC(=O)O)cc2)c1. The number of carbonyl (C=O) groups excluding carboxylic acids is 2. The minimum absolute atomic E-state index is 0.0670. The first-order chi connectivity index (χ1) is 11.4. The highest BCUT2D eigenvalue weighted by molar-refractivity contribution is 6.00. The number of nitrogens with one attached hydrogen (secondary N) is 3. The molecule has 0 fully saturated rings. The molecule has 0 aliphatic rings. The van der Waals surface area contributed by atoms with Crippen LogP contribution in [0.5, 0.6) is 0 Å². The lowest BCUT2D eigenvalue weighted by Crippen LogP contribution is -2.19. The number of amides is 3. The Bertz CT molecular complexity index is 757. The molecule has 0 atom stereocenters. The molecule has 0 aromatic heterocycles. The number of aliphatic carboxylic acids is 1. The van der Waals surface area contributed by atoms with Crippen LogP contribution in [0.2, 0.25) is 0 Å². The highest BCUT2D eigenvalue weighted by Crippen LogP contribution is 2.16. The van der Waals surface area contributed by atoms with Gasteiger partial charge in [-0.15, -0.1) is 0 Å². The number of carboxylic acid groups (broad SMARTS) is 1. The van der Waals surface area contributed by atoms with Crippen LogP contribution in [0.15, 0.2) is 48.5 Å². The highest BCUT2D eigenvalue weighted by atomic mass is 16.4. The Kier molecular flexibility index (Phi) is 5.51. The van der Waals surface area contributed by atoms with E-state index >= 15 is 0 Å². The molecule has 4 N–H and O–H groups in total. The zero-order valence-electron chi connectivity index (χ0n) is 13.0. The van der Waals surface area contributed by atoms with Crippen LogP contribution in [-0.4, -0.2) is 23.0 Å². The molecule has 0 bridgehead atoms. The van der Waals surface area contributed by atoms with Crippen molar-refractivity contribution < 1.29 is 19.5 Å². The molecule has 2 rings (SSSR count).